The lowest BCUT2D eigenvalue weighted by molar-refractivity contribution is -0.127. The van der Waals surface area contributed by atoms with Gasteiger partial charge in [0, 0.05) is 6.54 Å². The van der Waals surface area contributed by atoms with Crippen LogP contribution in [0.15, 0.2) is 54.6 Å². The number of para-hydroxylation sites is 1. The normalized spacial score (nSPS) is 10.3. The van der Waals surface area contributed by atoms with E-state index < -0.39 is 0 Å². The minimum atomic E-state index is -0.338. The highest BCUT2D eigenvalue weighted by Crippen LogP contribution is 2.13. The highest BCUT2D eigenvalue weighted by atomic mass is 16.5. The highest BCUT2D eigenvalue weighted by Gasteiger charge is 2.06. The van der Waals surface area contributed by atoms with E-state index in [1.807, 2.05) is 56.3 Å². The zero-order valence-electron chi connectivity index (χ0n) is 15.7. The van der Waals surface area contributed by atoms with E-state index in [9.17, 15) is 9.59 Å². The minimum absolute atomic E-state index is 0.0713. The standard InChI is InChI=1S/C21H26N2O4/c1-16(2)27-19-10-8-17(9-11-19)12-13-22-20(24)14-23-21(25)15-26-18-6-4-3-5-7-18/h3-11,16H,12-15H2,1-2H3,(H,22,24)(H,23,25). The SMILES string of the molecule is CC(C)Oc1ccc(CCNC(=O)CNC(=O)COc2ccccc2)cc1. The monoisotopic (exact) mass is 370 g/mol. The zero-order chi connectivity index (χ0) is 19.5. The average molecular weight is 370 g/mol. The molecule has 0 aliphatic rings. The Balaban J connectivity index is 1.59. The number of carbonyl (C=O) groups excluding carboxylic acids is 2. The predicted octanol–water partition coefficient (Wildman–Crippen LogP) is 2.33. The molecule has 0 radical (unpaired) electrons. The van der Waals surface area contributed by atoms with Crippen LogP contribution in [-0.4, -0.2) is 37.6 Å². The molecule has 0 bridgehead atoms. The zero-order valence-corrected chi connectivity index (χ0v) is 15.7. The molecule has 0 aromatic heterocycles. The van der Waals surface area contributed by atoms with Crippen LogP contribution >= 0.6 is 0 Å². The molecule has 0 aliphatic carbocycles. The fourth-order valence-electron chi connectivity index (χ4n) is 2.31. The molecule has 0 unspecified atom stereocenters. The molecule has 144 valence electrons. The van der Waals surface area contributed by atoms with Gasteiger partial charge < -0.3 is 20.1 Å². The van der Waals surface area contributed by atoms with Crippen molar-refractivity contribution in [2.75, 3.05) is 19.7 Å². The fourth-order valence-corrected chi connectivity index (χ4v) is 2.31. The topological polar surface area (TPSA) is 76.7 Å². The van der Waals surface area contributed by atoms with Gasteiger partial charge in [0.25, 0.3) is 5.91 Å². The van der Waals surface area contributed by atoms with Gasteiger partial charge in [-0.05, 0) is 50.1 Å². The van der Waals surface area contributed by atoms with Gasteiger partial charge in [-0.25, -0.2) is 0 Å². The molecule has 0 aliphatic heterocycles. The molecule has 2 amide bonds. The van der Waals surface area contributed by atoms with E-state index in [1.54, 1.807) is 12.1 Å². The van der Waals surface area contributed by atoms with Gasteiger partial charge in [-0.3, -0.25) is 9.59 Å². The van der Waals surface area contributed by atoms with Gasteiger partial charge in [-0.2, -0.15) is 0 Å². The fraction of sp³-hybridized carbons (Fsp3) is 0.333. The van der Waals surface area contributed by atoms with Crippen LogP contribution in [0, 0.1) is 0 Å². The quantitative estimate of drug-likeness (QED) is 0.673. The molecule has 6 heteroatoms. The second-order valence-electron chi connectivity index (χ2n) is 6.29. The van der Waals surface area contributed by atoms with Gasteiger partial charge >= 0.3 is 0 Å². The van der Waals surface area contributed by atoms with Gasteiger partial charge in [0.1, 0.15) is 11.5 Å². The Morgan fingerprint density at radius 1 is 0.889 bits per heavy atom. The molecule has 0 saturated carbocycles. The Morgan fingerprint density at radius 2 is 1.59 bits per heavy atom. The molecule has 0 atom stereocenters. The Bertz CT molecular complexity index is 715. The minimum Gasteiger partial charge on any atom is -0.491 e. The summed E-state index contributed by atoms with van der Waals surface area (Å²) >= 11 is 0. The molecule has 2 N–H and O–H groups in total. The van der Waals surface area contributed by atoms with Crippen molar-refractivity contribution in [1.29, 1.82) is 0 Å². The number of ether oxygens (including phenoxy) is 2. The van der Waals surface area contributed by atoms with Crippen LogP contribution in [0.5, 0.6) is 11.5 Å². The van der Waals surface area contributed by atoms with Crippen LogP contribution in [-0.2, 0) is 16.0 Å². The average Bonchev–Trinajstić information content (AvgIpc) is 2.66. The summed E-state index contributed by atoms with van der Waals surface area (Å²) < 4.78 is 10.9. The predicted molar refractivity (Wildman–Crippen MR) is 104 cm³/mol. The number of benzene rings is 2. The first-order valence-electron chi connectivity index (χ1n) is 9.00. The summed E-state index contributed by atoms with van der Waals surface area (Å²) in [4.78, 5) is 23.5. The molecule has 0 spiro atoms. The molecule has 0 fully saturated rings. The Labute approximate surface area is 159 Å². The van der Waals surface area contributed by atoms with Crippen molar-refractivity contribution < 1.29 is 19.1 Å². The third-order valence-electron chi connectivity index (χ3n) is 3.59. The maximum Gasteiger partial charge on any atom is 0.258 e. The van der Waals surface area contributed by atoms with E-state index in [0.29, 0.717) is 18.7 Å². The van der Waals surface area contributed by atoms with Crippen molar-refractivity contribution in [2.45, 2.75) is 26.4 Å². The summed E-state index contributed by atoms with van der Waals surface area (Å²) in [7, 11) is 0. The summed E-state index contributed by atoms with van der Waals surface area (Å²) in [6.07, 6.45) is 0.849. The van der Waals surface area contributed by atoms with Gasteiger partial charge in [-0.1, -0.05) is 30.3 Å². The van der Waals surface area contributed by atoms with Gasteiger partial charge in [0.15, 0.2) is 6.61 Å². The van der Waals surface area contributed by atoms with Crippen LogP contribution < -0.4 is 20.1 Å². The second-order valence-corrected chi connectivity index (χ2v) is 6.29. The van der Waals surface area contributed by atoms with Gasteiger partial charge in [-0.15, -0.1) is 0 Å². The van der Waals surface area contributed by atoms with Crippen molar-refractivity contribution in [3.05, 3.63) is 60.2 Å². The Kier molecular flexibility index (Phi) is 8.16. The number of carbonyl (C=O) groups is 2. The third kappa shape index (κ3) is 8.27. The van der Waals surface area contributed by atoms with Crippen molar-refractivity contribution in [2.24, 2.45) is 0 Å². The van der Waals surface area contributed by atoms with Crippen LogP contribution in [0.4, 0.5) is 0 Å². The first kappa shape index (κ1) is 20.3. The van der Waals surface area contributed by atoms with Crippen LogP contribution in [0.3, 0.4) is 0 Å². The number of nitrogens with one attached hydrogen (secondary N) is 2. The Morgan fingerprint density at radius 3 is 2.26 bits per heavy atom. The molecular weight excluding hydrogens is 344 g/mol. The van der Waals surface area contributed by atoms with E-state index in [4.69, 9.17) is 9.47 Å². The second kappa shape index (κ2) is 10.9. The maximum absolute atomic E-state index is 11.8. The molecule has 2 aromatic carbocycles. The van der Waals surface area contributed by atoms with Crippen LogP contribution in [0.2, 0.25) is 0 Å². The Hall–Kier alpha value is -3.02. The first-order chi connectivity index (χ1) is 13.0. The first-order valence-corrected chi connectivity index (χ1v) is 9.00. The molecule has 0 heterocycles. The van der Waals surface area contributed by atoms with E-state index in [-0.39, 0.29) is 31.1 Å². The highest BCUT2D eigenvalue weighted by molar-refractivity contribution is 5.85. The van der Waals surface area contributed by atoms with E-state index in [1.165, 1.54) is 0 Å². The van der Waals surface area contributed by atoms with E-state index >= 15 is 0 Å². The molecule has 0 saturated heterocycles. The van der Waals surface area contributed by atoms with Crippen molar-refractivity contribution in [1.82, 2.24) is 10.6 Å². The number of hydrogen-bond acceptors (Lipinski definition) is 4. The molecule has 27 heavy (non-hydrogen) atoms. The number of rotatable bonds is 10. The van der Waals surface area contributed by atoms with Crippen molar-refractivity contribution in [3.63, 3.8) is 0 Å². The lowest BCUT2D eigenvalue weighted by atomic mass is 10.1. The summed E-state index contributed by atoms with van der Waals surface area (Å²) in [5.74, 6) is 0.873. The summed E-state index contributed by atoms with van der Waals surface area (Å²) in [5, 5.41) is 5.32. The van der Waals surface area contributed by atoms with Crippen LogP contribution in [0.25, 0.3) is 0 Å². The summed E-state index contributed by atoms with van der Waals surface area (Å²) in [6.45, 7) is 4.27. The van der Waals surface area contributed by atoms with Crippen molar-refractivity contribution >= 4 is 11.8 Å². The van der Waals surface area contributed by atoms with Crippen LogP contribution in [0.1, 0.15) is 19.4 Å². The lowest BCUT2D eigenvalue weighted by Crippen LogP contribution is -2.39. The van der Waals surface area contributed by atoms with E-state index in [0.717, 1.165) is 11.3 Å². The van der Waals surface area contributed by atoms with Gasteiger partial charge in [0.05, 0.1) is 12.6 Å². The third-order valence-corrected chi connectivity index (χ3v) is 3.59. The summed E-state index contributed by atoms with van der Waals surface area (Å²) in [5.41, 5.74) is 1.10. The summed E-state index contributed by atoms with van der Waals surface area (Å²) in [6, 6.07) is 16.8. The largest absolute Gasteiger partial charge is 0.491 e. The molecule has 2 rings (SSSR count). The van der Waals surface area contributed by atoms with Gasteiger partial charge in [0.2, 0.25) is 5.91 Å². The molecule has 2 aromatic rings. The molecule has 6 nitrogen and oxygen atoms in total. The smallest absolute Gasteiger partial charge is 0.258 e. The number of hydrogen-bond donors (Lipinski definition) is 2. The number of amides is 2. The lowest BCUT2D eigenvalue weighted by Gasteiger charge is -2.10. The maximum atomic E-state index is 11.8. The van der Waals surface area contributed by atoms with E-state index in [2.05, 4.69) is 10.6 Å². The van der Waals surface area contributed by atoms with Crippen molar-refractivity contribution in [3.8, 4) is 11.5 Å². The molecular formula is C21H26N2O4.